The third kappa shape index (κ3) is 2.91. The first kappa shape index (κ1) is 15.2. The summed E-state index contributed by atoms with van der Waals surface area (Å²) in [7, 11) is 2.03. The van der Waals surface area contributed by atoms with E-state index >= 15 is 0 Å². The van der Waals surface area contributed by atoms with Crippen LogP contribution in [0.25, 0.3) is 10.2 Å². The summed E-state index contributed by atoms with van der Waals surface area (Å²) in [4.78, 5) is 9.29. The van der Waals surface area contributed by atoms with Crippen LogP contribution in [-0.4, -0.2) is 55.6 Å². The first-order chi connectivity index (χ1) is 11.1. The number of aromatic nitrogens is 1. The summed E-state index contributed by atoms with van der Waals surface area (Å²) in [5, 5.41) is 12.5. The highest BCUT2D eigenvalue weighted by molar-refractivity contribution is 7.17. The molecule has 0 bridgehead atoms. The number of nitrogens with zero attached hydrogens (tertiary/aromatic N) is 3. The summed E-state index contributed by atoms with van der Waals surface area (Å²) in [5.41, 5.74) is 1.76. The molecule has 2 aliphatic rings. The van der Waals surface area contributed by atoms with Gasteiger partial charge in [-0.15, -0.1) is 11.3 Å². The van der Waals surface area contributed by atoms with Crippen molar-refractivity contribution in [2.24, 2.45) is 0 Å². The summed E-state index contributed by atoms with van der Waals surface area (Å²) in [5.74, 6) is 0.942. The Bertz CT molecular complexity index is 692. The van der Waals surface area contributed by atoms with Crippen molar-refractivity contribution in [2.45, 2.75) is 24.9 Å². The molecule has 0 spiro atoms. The number of hydrogen-bond donors (Lipinski definition) is 1. The van der Waals surface area contributed by atoms with Crippen molar-refractivity contribution in [1.82, 2.24) is 4.98 Å². The van der Waals surface area contributed by atoms with E-state index in [-0.39, 0.29) is 0 Å². The van der Waals surface area contributed by atoms with E-state index in [4.69, 9.17) is 9.72 Å². The summed E-state index contributed by atoms with van der Waals surface area (Å²) in [6, 6.07) is 4.26. The number of rotatable bonds is 4. The maximum atomic E-state index is 10.4. The first-order valence-corrected chi connectivity index (χ1v) is 9.17. The fraction of sp³-hybridized carbons (Fsp3) is 0.588. The largest absolute Gasteiger partial charge is 0.388 e. The number of morpholine rings is 1. The van der Waals surface area contributed by atoms with Gasteiger partial charge in [-0.3, -0.25) is 0 Å². The van der Waals surface area contributed by atoms with Gasteiger partial charge in [0.25, 0.3) is 0 Å². The van der Waals surface area contributed by atoms with Crippen LogP contribution in [0.3, 0.4) is 0 Å². The molecule has 0 radical (unpaired) electrons. The molecule has 4 rings (SSSR count). The normalized spacial score (nSPS) is 20.5. The van der Waals surface area contributed by atoms with E-state index in [1.54, 1.807) is 11.3 Å². The molecule has 1 saturated heterocycles. The number of hydrogen-bond acceptors (Lipinski definition) is 6. The van der Waals surface area contributed by atoms with Gasteiger partial charge in [0.05, 0.1) is 34.7 Å². The highest BCUT2D eigenvalue weighted by Gasteiger charge is 2.35. The standard InChI is InChI=1S/C17H23N3O2S/c1-19(12-17(21)4-2-5-17)15-11-14(20-6-8-22-9-7-20)16-13(18-15)3-10-23-16/h3,10-11,21H,2,4-9,12H2,1H3. The van der Waals surface area contributed by atoms with Crippen LogP contribution in [-0.2, 0) is 4.74 Å². The number of fused-ring (bicyclic) bond motifs is 1. The van der Waals surface area contributed by atoms with Gasteiger partial charge in [0.2, 0.25) is 0 Å². The Labute approximate surface area is 140 Å². The van der Waals surface area contributed by atoms with Crippen molar-refractivity contribution in [3.63, 3.8) is 0 Å². The maximum absolute atomic E-state index is 10.4. The Balaban J connectivity index is 1.66. The zero-order valence-electron chi connectivity index (χ0n) is 13.5. The Morgan fingerprint density at radius 3 is 2.87 bits per heavy atom. The second-order valence-electron chi connectivity index (χ2n) is 6.67. The molecular formula is C17H23N3O2S. The summed E-state index contributed by atoms with van der Waals surface area (Å²) in [6.45, 7) is 4.05. The van der Waals surface area contributed by atoms with Crippen LogP contribution in [0.15, 0.2) is 17.5 Å². The minimum absolute atomic E-state index is 0.529. The van der Waals surface area contributed by atoms with Gasteiger partial charge in [-0.25, -0.2) is 4.98 Å². The van der Waals surface area contributed by atoms with Crippen LogP contribution in [0.4, 0.5) is 11.5 Å². The SMILES string of the molecule is CN(CC1(O)CCC1)c1cc(N2CCOCC2)c2sccc2n1. The van der Waals surface area contributed by atoms with Crippen LogP contribution < -0.4 is 9.80 Å². The molecule has 0 aromatic carbocycles. The number of thiophene rings is 1. The third-order valence-electron chi connectivity index (χ3n) is 4.94. The van der Waals surface area contributed by atoms with E-state index in [1.807, 2.05) is 7.05 Å². The van der Waals surface area contributed by atoms with E-state index in [0.717, 1.165) is 56.9 Å². The molecule has 6 heteroatoms. The zero-order chi connectivity index (χ0) is 15.9. The summed E-state index contributed by atoms with van der Waals surface area (Å²) in [6.07, 6.45) is 2.92. The molecule has 2 aromatic rings. The molecule has 2 aromatic heterocycles. The Morgan fingerprint density at radius 1 is 1.39 bits per heavy atom. The quantitative estimate of drug-likeness (QED) is 0.931. The van der Waals surface area contributed by atoms with Gasteiger partial charge < -0.3 is 19.6 Å². The summed E-state index contributed by atoms with van der Waals surface area (Å²) < 4.78 is 6.73. The average molecular weight is 333 g/mol. The van der Waals surface area contributed by atoms with E-state index < -0.39 is 5.60 Å². The first-order valence-electron chi connectivity index (χ1n) is 8.29. The van der Waals surface area contributed by atoms with Gasteiger partial charge in [0.1, 0.15) is 5.82 Å². The molecular weight excluding hydrogens is 310 g/mol. The molecule has 1 aliphatic carbocycles. The predicted octanol–water partition coefficient (Wildman–Crippen LogP) is 2.48. The Hall–Kier alpha value is -1.37. The lowest BCUT2D eigenvalue weighted by Crippen LogP contribution is -2.47. The van der Waals surface area contributed by atoms with E-state index in [2.05, 4.69) is 27.3 Å². The molecule has 0 unspecified atom stereocenters. The number of likely N-dealkylation sites (N-methyl/N-ethyl adjacent to an activating group) is 1. The van der Waals surface area contributed by atoms with Crippen molar-refractivity contribution >= 4 is 33.1 Å². The lowest BCUT2D eigenvalue weighted by atomic mass is 9.80. The van der Waals surface area contributed by atoms with Crippen LogP contribution in [0.2, 0.25) is 0 Å². The maximum Gasteiger partial charge on any atom is 0.131 e. The molecule has 0 amide bonds. The molecule has 23 heavy (non-hydrogen) atoms. The van der Waals surface area contributed by atoms with E-state index in [0.29, 0.717) is 6.54 Å². The monoisotopic (exact) mass is 333 g/mol. The average Bonchev–Trinajstić information content (AvgIpc) is 3.01. The van der Waals surface area contributed by atoms with Gasteiger partial charge in [-0.05, 0) is 30.7 Å². The lowest BCUT2D eigenvalue weighted by Gasteiger charge is -2.40. The van der Waals surface area contributed by atoms with Gasteiger partial charge in [-0.2, -0.15) is 0 Å². The molecule has 5 nitrogen and oxygen atoms in total. The van der Waals surface area contributed by atoms with Crippen molar-refractivity contribution in [1.29, 1.82) is 0 Å². The highest BCUT2D eigenvalue weighted by Crippen LogP contribution is 2.36. The molecule has 0 atom stereocenters. The van der Waals surface area contributed by atoms with Crippen LogP contribution in [0.1, 0.15) is 19.3 Å². The van der Waals surface area contributed by atoms with Gasteiger partial charge in [0, 0.05) is 32.7 Å². The van der Waals surface area contributed by atoms with Crippen LogP contribution in [0.5, 0.6) is 0 Å². The topological polar surface area (TPSA) is 48.8 Å². The van der Waals surface area contributed by atoms with Gasteiger partial charge in [0.15, 0.2) is 0 Å². The minimum Gasteiger partial charge on any atom is -0.388 e. The van der Waals surface area contributed by atoms with E-state index in [1.165, 1.54) is 10.4 Å². The minimum atomic E-state index is -0.529. The number of ether oxygens (including phenoxy) is 1. The molecule has 2 fully saturated rings. The molecule has 124 valence electrons. The highest BCUT2D eigenvalue weighted by atomic mass is 32.1. The van der Waals surface area contributed by atoms with Crippen molar-refractivity contribution in [3.8, 4) is 0 Å². The van der Waals surface area contributed by atoms with Crippen molar-refractivity contribution < 1.29 is 9.84 Å². The molecule has 3 heterocycles. The summed E-state index contributed by atoms with van der Waals surface area (Å²) >= 11 is 1.74. The predicted molar refractivity (Wildman–Crippen MR) is 94.7 cm³/mol. The second kappa shape index (κ2) is 5.92. The fourth-order valence-electron chi connectivity index (χ4n) is 3.43. The smallest absolute Gasteiger partial charge is 0.131 e. The molecule has 1 N–H and O–H groups in total. The van der Waals surface area contributed by atoms with E-state index in [9.17, 15) is 5.11 Å². The lowest BCUT2D eigenvalue weighted by molar-refractivity contribution is -0.0248. The van der Waals surface area contributed by atoms with Crippen molar-refractivity contribution in [3.05, 3.63) is 17.5 Å². The van der Waals surface area contributed by atoms with Gasteiger partial charge >= 0.3 is 0 Å². The molecule has 1 aliphatic heterocycles. The number of anilines is 2. The number of aliphatic hydroxyl groups is 1. The second-order valence-corrected chi connectivity index (χ2v) is 7.58. The Kier molecular flexibility index (Phi) is 3.91. The van der Waals surface area contributed by atoms with Gasteiger partial charge in [-0.1, -0.05) is 0 Å². The van der Waals surface area contributed by atoms with Crippen LogP contribution >= 0.6 is 11.3 Å². The third-order valence-corrected chi connectivity index (χ3v) is 5.86. The zero-order valence-corrected chi connectivity index (χ0v) is 14.3. The number of pyridine rings is 1. The molecule has 1 saturated carbocycles. The van der Waals surface area contributed by atoms with Crippen molar-refractivity contribution in [2.75, 3.05) is 49.7 Å². The Morgan fingerprint density at radius 2 is 2.17 bits per heavy atom. The fourth-order valence-corrected chi connectivity index (χ4v) is 4.30. The van der Waals surface area contributed by atoms with Crippen LogP contribution in [0, 0.1) is 0 Å².